The second kappa shape index (κ2) is 4.63. The molecule has 2 rings (SSSR count). The zero-order chi connectivity index (χ0) is 9.97. The Bertz CT molecular complexity index is 173. The summed E-state index contributed by atoms with van der Waals surface area (Å²) in [7, 11) is 4.39. The molecule has 1 atom stereocenters. The van der Waals surface area contributed by atoms with Crippen LogP contribution in [0.5, 0.6) is 0 Å². The molecule has 0 radical (unpaired) electrons. The van der Waals surface area contributed by atoms with Crippen LogP contribution in [-0.2, 0) is 0 Å². The third kappa shape index (κ3) is 2.71. The minimum absolute atomic E-state index is 0.750. The first kappa shape index (κ1) is 10.4. The molecule has 0 aromatic heterocycles. The number of nitrogens with one attached hydrogen (secondary N) is 1. The molecule has 2 aliphatic carbocycles. The van der Waals surface area contributed by atoms with Gasteiger partial charge in [0.2, 0.25) is 0 Å². The van der Waals surface area contributed by atoms with Gasteiger partial charge in [0.05, 0.1) is 0 Å². The zero-order valence-electron chi connectivity index (χ0n) is 9.63. The van der Waals surface area contributed by atoms with Crippen molar-refractivity contribution in [2.75, 3.05) is 27.2 Å². The van der Waals surface area contributed by atoms with Gasteiger partial charge in [-0.2, -0.15) is 0 Å². The van der Waals surface area contributed by atoms with Gasteiger partial charge in [-0.25, -0.2) is 0 Å². The van der Waals surface area contributed by atoms with E-state index in [9.17, 15) is 0 Å². The van der Waals surface area contributed by atoms with E-state index in [-0.39, 0.29) is 0 Å². The highest BCUT2D eigenvalue weighted by Crippen LogP contribution is 2.33. The highest BCUT2D eigenvalue weighted by Gasteiger charge is 2.31. The largest absolute Gasteiger partial charge is 0.315 e. The van der Waals surface area contributed by atoms with Gasteiger partial charge in [0.15, 0.2) is 0 Å². The van der Waals surface area contributed by atoms with Crippen LogP contribution in [0.4, 0.5) is 0 Å². The fourth-order valence-electron chi connectivity index (χ4n) is 2.50. The van der Waals surface area contributed by atoms with E-state index in [2.05, 4.69) is 24.3 Å². The summed E-state index contributed by atoms with van der Waals surface area (Å²) in [6, 6.07) is 0.750. The van der Waals surface area contributed by atoms with E-state index in [1.807, 2.05) is 0 Å². The molecule has 2 saturated carbocycles. The van der Waals surface area contributed by atoms with Crippen molar-refractivity contribution in [2.45, 2.75) is 38.1 Å². The Hall–Kier alpha value is -0.0800. The molecule has 0 bridgehead atoms. The lowest BCUT2D eigenvalue weighted by molar-refractivity contribution is 0.188. The predicted octanol–water partition coefficient (Wildman–Crippen LogP) is 1.72. The van der Waals surface area contributed by atoms with Crippen molar-refractivity contribution in [1.82, 2.24) is 10.2 Å². The minimum Gasteiger partial charge on any atom is -0.315 e. The van der Waals surface area contributed by atoms with Crippen LogP contribution in [0.25, 0.3) is 0 Å². The summed E-state index contributed by atoms with van der Waals surface area (Å²) < 4.78 is 0. The molecule has 0 aromatic rings. The van der Waals surface area contributed by atoms with Gasteiger partial charge < -0.3 is 10.2 Å². The van der Waals surface area contributed by atoms with Gasteiger partial charge in [-0.1, -0.05) is 6.42 Å². The van der Waals surface area contributed by atoms with Crippen molar-refractivity contribution in [2.24, 2.45) is 11.8 Å². The second-order valence-electron chi connectivity index (χ2n) is 5.25. The Labute approximate surface area is 88.1 Å². The molecule has 14 heavy (non-hydrogen) atoms. The Morgan fingerprint density at radius 1 is 1.29 bits per heavy atom. The molecule has 1 unspecified atom stereocenters. The first-order valence-corrected chi connectivity index (χ1v) is 6.15. The summed E-state index contributed by atoms with van der Waals surface area (Å²) in [5.41, 5.74) is 0. The number of hydrogen-bond acceptors (Lipinski definition) is 2. The van der Waals surface area contributed by atoms with Crippen molar-refractivity contribution in [1.29, 1.82) is 0 Å². The maximum Gasteiger partial charge on any atom is 0.0220 e. The lowest BCUT2D eigenvalue weighted by Crippen LogP contribution is -2.41. The smallest absolute Gasteiger partial charge is 0.0220 e. The average Bonchev–Trinajstić information content (AvgIpc) is 2.90. The van der Waals surface area contributed by atoms with Crippen molar-refractivity contribution >= 4 is 0 Å². The third-order valence-electron chi connectivity index (χ3n) is 3.86. The van der Waals surface area contributed by atoms with E-state index in [1.165, 1.54) is 45.2 Å². The molecule has 2 fully saturated rings. The number of nitrogens with zero attached hydrogens (tertiary/aromatic N) is 1. The van der Waals surface area contributed by atoms with Crippen molar-refractivity contribution in [3.63, 3.8) is 0 Å². The first-order valence-electron chi connectivity index (χ1n) is 6.15. The lowest BCUT2D eigenvalue weighted by Gasteiger charge is -2.32. The molecule has 0 aliphatic heterocycles. The van der Waals surface area contributed by atoms with Gasteiger partial charge in [0, 0.05) is 19.1 Å². The van der Waals surface area contributed by atoms with Crippen LogP contribution in [0, 0.1) is 11.8 Å². The summed E-state index contributed by atoms with van der Waals surface area (Å²) >= 11 is 0. The number of rotatable bonds is 6. The van der Waals surface area contributed by atoms with E-state index in [0.29, 0.717) is 0 Å². The summed E-state index contributed by atoms with van der Waals surface area (Å²) in [6.45, 7) is 2.57. The van der Waals surface area contributed by atoms with Gasteiger partial charge in [-0.05, 0) is 51.6 Å². The molecule has 0 heterocycles. The van der Waals surface area contributed by atoms with Crippen molar-refractivity contribution in [3.8, 4) is 0 Å². The van der Waals surface area contributed by atoms with E-state index < -0.39 is 0 Å². The molecule has 2 aliphatic rings. The van der Waals surface area contributed by atoms with Crippen LogP contribution >= 0.6 is 0 Å². The maximum absolute atomic E-state index is 3.46. The van der Waals surface area contributed by atoms with Crippen LogP contribution in [0.3, 0.4) is 0 Å². The molecule has 1 N–H and O–H groups in total. The molecule has 2 nitrogen and oxygen atoms in total. The molecule has 0 amide bonds. The molecular formula is C12H24N2. The van der Waals surface area contributed by atoms with E-state index in [4.69, 9.17) is 0 Å². The van der Waals surface area contributed by atoms with Crippen LogP contribution < -0.4 is 5.32 Å². The SMILES string of the molecule is CNC(CN(C)CC1CCC1)C1CC1. The molecule has 0 aromatic carbocycles. The number of likely N-dealkylation sites (N-methyl/N-ethyl adjacent to an activating group) is 2. The normalized spacial score (nSPS) is 25.1. The van der Waals surface area contributed by atoms with Crippen LogP contribution in [0.1, 0.15) is 32.1 Å². The quantitative estimate of drug-likeness (QED) is 0.696. The second-order valence-corrected chi connectivity index (χ2v) is 5.25. The molecule has 2 heteroatoms. The fraction of sp³-hybridized carbons (Fsp3) is 1.00. The van der Waals surface area contributed by atoms with E-state index >= 15 is 0 Å². The summed E-state index contributed by atoms with van der Waals surface area (Å²) in [5, 5.41) is 3.46. The molecule has 0 spiro atoms. The topological polar surface area (TPSA) is 15.3 Å². The Morgan fingerprint density at radius 2 is 2.00 bits per heavy atom. The van der Waals surface area contributed by atoms with Gasteiger partial charge in [0.1, 0.15) is 0 Å². The Kier molecular flexibility index (Phi) is 3.45. The van der Waals surface area contributed by atoms with Gasteiger partial charge in [-0.3, -0.25) is 0 Å². The average molecular weight is 196 g/mol. The van der Waals surface area contributed by atoms with E-state index in [0.717, 1.165) is 17.9 Å². The molecule has 82 valence electrons. The number of hydrogen-bond donors (Lipinski definition) is 1. The Morgan fingerprint density at radius 3 is 2.43 bits per heavy atom. The molecular weight excluding hydrogens is 172 g/mol. The maximum atomic E-state index is 3.46. The van der Waals surface area contributed by atoms with Gasteiger partial charge >= 0.3 is 0 Å². The summed E-state index contributed by atoms with van der Waals surface area (Å²) in [4.78, 5) is 2.53. The summed E-state index contributed by atoms with van der Waals surface area (Å²) in [6.07, 6.45) is 7.30. The van der Waals surface area contributed by atoms with Crippen LogP contribution in [0.15, 0.2) is 0 Å². The van der Waals surface area contributed by atoms with Crippen molar-refractivity contribution in [3.05, 3.63) is 0 Å². The van der Waals surface area contributed by atoms with Crippen LogP contribution in [0.2, 0.25) is 0 Å². The van der Waals surface area contributed by atoms with Crippen molar-refractivity contribution < 1.29 is 0 Å². The zero-order valence-corrected chi connectivity index (χ0v) is 9.63. The Balaban J connectivity index is 1.65. The first-order chi connectivity index (χ1) is 6.79. The van der Waals surface area contributed by atoms with Crippen LogP contribution in [-0.4, -0.2) is 38.1 Å². The standard InChI is InChI=1S/C12H24N2/c1-13-12(11-6-7-11)9-14(2)8-10-4-3-5-10/h10-13H,3-9H2,1-2H3. The third-order valence-corrected chi connectivity index (χ3v) is 3.86. The highest BCUT2D eigenvalue weighted by molar-refractivity contribution is 4.87. The van der Waals surface area contributed by atoms with E-state index in [1.54, 1.807) is 0 Å². The molecule has 0 saturated heterocycles. The minimum atomic E-state index is 0.750. The highest BCUT2D eigenvalue weighted by atomic mass is 15.1. The summed E-state index contributed by atoms with van der Waals surface area (Å²) in [5.74, 6) is 1.99. The monoisotopic (exact) mass is 196 g/mol. The fourth-order valence-corrected chi connectivity index (χ4v) is 2.50. The predicted molar refractivity (Wildman–Crippen MR) is 60.4 cm³/mol. The lowest BCUT2D eigenvalue weighted by atomic mass is 9.85. The van der Waals surface area contributed by atoms with Gasteiger partial charge in [-0.15, -0.1) is 0 Å². The van der Waals surface area contributed by atoms with Gasteiger partial charge in [0.25, 0.3) is 0 Å².